The summed E-state index contributed by atoms with van der Waals surface area (Å²) in [7, 11) is 3.80. The van der Waals surface area contributed by atoms with Gasteiger partial charge in [-0.05, 0) is 20.4 Å². The van der Waals surface area contributed by atoms with Crippen molar-refractivity contribution in [3.05, 3.63) is 7.05 Å². The van der Waals surface area contributed by atoms with Crippen LogP contribution in [0.4, 0.5) is 0 Å². The molecule has 0 aliphatic carbocycles. The number of likely N-dealkylation sites (N-methyl/N-ethyl adjacent to an activating group) is 1. The Morgan fingerprint density at radius 3 is 2.11 bits per heavy atom. The standard InChI is InChI=1S/C7H17N2/c1-5-9(4)6-7(2,3)8/h4-6,8H2,1-3H3. The van der Waals surface area contributed by atoms with Gasteiger partial charge < -0.3 is 10.6 Å². The Labute approximate surface area is 58.0 Å². The number of nitrogens with zero attached hydrogens (tertiary/aromatic N) is 1. The zero-order valence-corrected chi connectivity index (χ0v) is 6.65. The van der Waals surface area contributed by atoms with Gasteiger partial charge in [0.25, 0.3) is 0 Å². The van der Waals surface area contributed by atoms with Crippen LogP contribution in [0.5, 0.6) is 0 Å². The summed E-state index contributed by atoms with van der Waals surface area (Å²) in [6.07, 6.45) is 0. The van der Waals surface area contributed by atoms with E-state index in [-0.39, 0.29) is 5.54 Å². The van der Waals surface area contributed by atoms with Gasteiger partial charge in [0.05, 0.1) is 0 Å². The van der Waals surface area contributed by atoms with Gasteiger partial charge in [-0.3, -0.25) is 0 Å². The van der Waals surface area contributed by atoms with E-state index < -0.39 is 0 Å². The first-order valence-electron chi connectivity index (χ1n) is 3.30. The van der Waals surface area contributed by atoms with Gasteiger partial charge in [-0.2, -0.15) is 0 Å². The first kappa shape index (κ1) is 8.92. The second-order valence-electron chi connectivity index (χ2n) is 3.13. The lowest BCUT2D eigenvalue weighted by Crippen LogP contribution is -2.43. The Balaban J connectivity index is 3.47. The van der Waals surface area contributed by atoms with Crippen molar-refractivity contribution in [3.63, 3.8) is 0 Å². The van der Waals surface area contributed by atoms with Crippen LogP contribution in [-0.4, -0.2) is 23.5 Å². The van der Waals surface area contributed by atoms with E-state index in [2.05, 4.69) is 14.0 Å². The second-order valence-corrected chi connectivity index (χ2v) is 3.13. The lowest BCUT2D eigenvalue weighted by molar-refractivity contribution is 0.308. The van der Waals surface area contributed by atoms with Crippen molar-refractivity contribution in [1.82, 2.24) is 4.90 Å². The maximum atomic E-state index is 5.73. The quantitative estimate of drug-likeness (QED) is 0.611. The van der Waals surface area contributed by atoms with E-state index in [0.717, 1.165) is 13.1 Å². The molecule has 1 radical (unpaired) electrons. The van der Waals surface area contributed by atoms with Crippen LogP contribution in [0.1, 0.15) is 20.8 Å². The van der Waals surface area contributed by atoms with Crippen LogP contribution in [0, 0.1) is 7.05 Å². The maximum absolute atomic E-state index is 5.73. The smallest absolute Gasteiger partial charge is 0.0226 e. The van der Waals surface area contributed by atoms with Crippen LogP contribution in [0.25, 0.3) is 0 Å². The molecule has 55 valence electrons. The summed E-state index contributed by atoms with van der Waals surface area (Å²) < 4.78 is 0. The van der Waals surface area contributed by atoms with Crippen LogP contribution in [0.2, 0.25) is 0 Å². The Bertz CT molecular complexity index is 73.5. The molecule has 0 fully saturated rings. The topological polar surface area (TPSA) is 29.3 Å². The normalized spacial score (nSPS) is 12.7. The minimum Gasteiger partial charge on any atom is -0.324 e. The number of hydrogen-bond acceptors (Lipinski definition) is 2. The van der Waals surface area contributed by atoms with E-state index in [1.165, 1.54) is 0 Å². The highest BCUT2D eigenvalue weighted by molar-refractivity contribution is 4.75. The summed E-state index contributed by atoms with van der Waals surface area (Å²) in [6, 6.07) is 0. The summed E-state index contributed by atoms with van der Waals surface area (Å²) in [5.74, 6) is 0. The molecule has 0 aliphatic heterocycles. The zero-order valence-electron chi connectivity index (χ0n) is 6.65. The molecule has 0 aliphatic rings. The summed E-state index contributed by atoms with van der Waals surface area (Å²) in [5.41, 5.74) is 5.62. The Hall–Kier alpha value is -0.0800. The summed E-state index contributed by atoms with van der Waals surface area (Å²) >= 11 is 0. The van der Waals surface area contributed by atoms with E-state index in [4.69, 9.17) is 5.73 Å². The fraction of sp³-hybridized carbons (Fsp3) is 0.857. The summed E-state index contributed by atoms with van der Waals surface area (Å²) in [5, 5.41) is 0. The SMILES string of the molecule is [CH2]N(CC)CC(C)(C)N. The van der Waals surface area contributed by atoms with Gasteiger partial charge in [-0.25, -0.2) is 0 Å². The molecule has 0 aromatic heterocycles. The lowest BCUT2D eigenvalue weighted by Gasteiger charge is -2.24. The largest absolute Gasteiger partial charge is 0.324 e. The van der Waals surface area contributed by atoms with Gasteiger partial charge in [-0.1, -0.05) is 6.92 Å². The minimum absolute atomic E-state index is 0.113. The van der Waals surface area contributed by atoms with Crippen LogP contribution >= 0.6 is 0 Å². The van der Waals surface area contributed by atoms with E-state index in [1.54, 1.807) is 0 Å². The molecule has 0 aromatic rings. The molecule has 2 nitrogen and oxygen atoms in total. The molecule has 0 amide bonds. The third-order valence-electron chi connectivity index (χ3n) is 1.08. The Morgan fingerprint density at radius 2 is 2.00 bits per heavy atom. The average molecular weight is 129 g/mol. The van der Waals surface area contributed by atoms with Gasteiger partial charge >= 0.3 is 0 Å². The third-order valence-corrected chi connectivity index (χ3v) is 1.08. The number of nitrogens with two attached hydrogens (primary N) is 1. The molecule has 9 heavy (non-hydrogen) atoms. The van der Waals surface area contributed by atoms with E-state index in [1.807, 2.05) is 18.7 Å². The lowest BCUT2D eigenvalue weighted by atomic mass is 10.1. The fourth-order valence-corrected chi connectivity index (χ4v) is 0.688. The van der Waals surface area contributed by atoms with Gasteiger partial charge in [-0.15, -0.1) is 0 Å². The van der Waals surface area contributed by atoms with Gasteiger partial charge in [0.1, 0.15) is 0 Å². The van der Waals surface area contributed by atoms with Crippen LogP contribution in [0.15, 0.2) is 0 Å². The molecular formula is C7H17N2. The summed E-state index contributed by atoms with van der Waals surface area (Å²) in [4.78, 5) is 1.96. The van der Waals surface area contributed by atoms with Crippen molar-refractivity contribution in [3.8, 4) is 0 Å². The van der Waals surface area contributed by atoms with Crippen molar-refractivity contribution >= 4 is 0 Å². The monoisotopic (exact) mass is 129 g/mol. The molecule has 0 saturated carbocycles. The minimum atomic E-state index is -0.113. The first-order valence-corrected chi connectivity index (χ1v) is 3.30. The van der Waals surface area contributed by atoms with E-state index >= 15 is 0 Å². The molecule has 0 atom stereocenters. The number of hydrogen-bond donors (Lipinski definition) is 1. The van der Waals surface area contributed by atoms with E-state index in [0.29, 0.717) is 0 Å². The van der Waals surface area contributed by atoms with Crippen LogP contribution in [0.3, 0.4) is 0 Å². The number of rotatable bonds is 3. The molecule has 0 aromatic carbocycles. The van der Waals surface area contributed by atoms with Crippen molar-refractivity contribution in [2.45, 2.75) is 26.3 Å². The zero-order chi connectivity index (χ0) is 7.49. The molecule has 0 unspecified atom stereocenters. The molecule has 2 N–H and O–H groups in total. The Kier molecular flexibility index (Phi) is 3.15. The first-order chi connectivity index (χ1) is 3.95. The van der Waals surface area contributed by atoms with Gasteiger partial charge in [0, 0.05) is 19.1 Å². The highest BCUT2D eigenvalue weighted by atomic mass is 15.1. The molecular weight excluding hydrogens is 112 g/mol. The van der Waals surface area contributed by atoms with Crippen molar-refractivity contribution in [1.29, 1.82) is 0 Å². The molecule has 0 rings (SSSR count). The third kappa shape index (κ3) is 5.80. The molecule has 2 heteroatoms. The van der Waals surface area contributed by atoms with Crippen molar-refractivity contribution in [2.24, 2.45) is 5.73 Å². The van der Waals surface area contributed by atoms with Crippen molar-refractivity contribution in [2.75, 3.05) is 13.1 Å². The molecule has 0 heterocycles. The van der Waals surface area contributed by atoms with Gasteiger partial charge in [0.2, 0.25) is 0 Å². The van der Waals surface area contributed by atoms with Crippen molar-refractivity contribution < 1.29 is 0 Å². The highest BCUT2D eigenvalue weighted by Gasteiger charge is 2.11. The van der Waals surface area contributed by atoms with E-state index in [9.17, 15) is 0 Å². The molecule has 0 bridgehead atoms. The highest BCUT2D eigenvalue weighted by Crippen LogP contribution is 1.98. The predicted octanol–water partition coefficient (Wildman–Crippen LogP) is 0.837. The average Bonchev–Trinajstić information content (AvgIpc) is 1.62. The molecule has 0 spiro atoms. The van der Waals surface area contributed by atoms with Crippen LogP contribution < -0.4 is 5.73 Å². The Morgan fingerprint density at radius 1 is 1.56 bits per heavy atom. The maximum Gasteiger partial charge on any atom is 0.0226 e. The predicted molar refractivity (Wildman–Crippen MR) is 40.9 cm³/mol. The summed E-state index contributed by atoms with van der Waals surface area (Å²) in [6.45, 7) is 7.88. The second kappa shape index (κ2) is 3.18. The molecule has 0 saturated heterocycles. The fourth-order valence-electron chi connectivity index (χ4n) is 0.688. The van der Waals surface area contributed by atoms with Gasteiger partial charge in [0.15, 0.2) is 0 Å². The van der Waals surface area contributed by atoms with Crippen LogP contribution in [-0.2, 0) is 0 Å².